The number of urea groups is 1. The Morgan fingerprint density at radius 2 is 2.22 bits per heavy atom. The van der Waals surface area contributed by atoms with Gasteiger partial charge in [0, 0.05) is 18.9 Å². The standard InChI is InChI=1S/C16H17FN4O2/c17-13-5-1-2-6-14(13)20-16(22)21-9-3-4-12(11-21)23-15-10-18-7-8-19-15/h1-2,5-8,10,12H,3-4,9,11H2,(H,20,22). The molecule has 7 heteroatoms. The first kappa shape index (κ1) is 15.2. The minimum Gasteiger partial charge on any atom is -0.471 e. The van der Waals surface area contributed by atoms with Crippen LogP contribution in [0.2, 0.25) is 0 Å². The molecule has 2 aromatic rings. The second-order valence-electron chi connectivity index (χ2n) is 5.28. The van der Waals surface area contributed by atoms with Gasteiger partial charge in [0.1, 0.15) is 11.9 Å². The summed E-state index contributed by atoms with van der Waals surface area (Å²) in [6.07, 6.45) is 6.17. The molecule has 1 aliphatic heterocycles. The quantitative estimate of drug-likeness (QED) is 0.945. The molecule has 23 heavy (non-hydrogen) atoms. The number of piperidine rings is 1. The first-order valence-corrected chi connectivity index (χ1v) is 7.45. The summed E-state index contributed by atoms with van der Waals surface area (Å²) in [5.41, 5.74) is 0.175. The van der Waals surface area contributed by atoms with Crippen molar-refractivity contribution in [1.29, 1.82) is 0 Å². The summed E-state index contributed by atoms with van der Waals surface area (Å²) in [5, 5.41) is 2.59. The lowest BCUT2D eigenvalue weighted by molar-refractivity contribution is 0.102. The Kier molecular flexibility index (Phi) is 4.65. The normalized spacial score (nSPS) is 17.6. The number of para-hydroxylation sites is 1. The highest BCUT2D eigenvalue weighted by molar-refractivity contribution is 5.89. The molecule has 0 aliphatic carbocycles. The summed E-state index contributed by atoms with van der Waals surface area (Å²) >= 11 is 0. The van der Waals surface area contributed by atoms with E-state index in [2.05, 4.69) is 15.3 Å². The number of anilines is 1. The van der Waals surface area contributed by atoms with E-state index >= 15 is 0 Å². The lowest BCUT2D eigenvalue weighted by atomic mass is 10.1. The molecular weight excluding hydrogens is 299 g/mol. The Bertz CT molecular complexity index is 668. The van der Waals surface area contributed by atoms with Gasteiger partial charge < -0.3 is 15.0 Å². The number of amides is 2. The molecule has 120 valence electrons. The van der Waals surface area contributed by atoms with Crippen LogP contribution >= 0.6 is 0 Å². The zero-order chi connectivity index (χ0) is 16.1. The Morgan fingerprint density at radius 3 is 3.00 bits per heavy atom. The second kappa shape index (κ2) is 7.04. The molecule has 2 amide bonds. The van der Waals surface area contributed by atoms with Crippen LogP contribution in [0.25, 0.3) is 0 Å². The number of benzene rings is 1. The molecule has 1 atom stereocenters. The summed E-state index contributed by atoms with van der Waals surface area (Å²) in [7, 11) is 0. The molecule has 0 radical (unpaired) electrons. The van der Waals surface area contributed by atoms with Crippen LogP contribution < -0.4 is 10.1 Å². The van der Waals surface area contributed by atoms with E-state index in [1.807, 2.05) is 0 Å². The van der Waals surface area contributed by atoms with Gasteiger partial charge in [0.15, 0.2) is 0 Å². The van der Waals surface area contributed by atoms with Gasteiger partial charge >= 0.3 is 6.03 Å². The van der Waals surface area contributed by atoms with Crippen LogP contribution in [0.5, 0.6) is 5.88 Å². The van der Waals surface area contributed by atoms with E-state index in [4.69, 9.17) is 4.74 Å². The number of halogens is 1. The Morgan fingerprint density at radius 1 is 1.35 bits per heavy atom. The van der Waals surface area contributed by atoms with Crippen LogP contribution in [0.3, 0.4) is 0 Å². The third-order valence-electron chi connectivity index (χ3n) is 3.61. The summed E-state index contributed by atoms with van der Waals surface area (Å²) in [6, 6.07) is 5.77. The van der Waals surface area contributed by atoms with E-state index in [9.17, 15) is 9.18 Å². The molecule has 1 aliphatic rings. The summed E-state index contributed by atoms with van der Waals surface area (Å²) < 4.78 is 19.3. The Hall–Kier alpha value is -2.70. The zero-order valence-electron chi connectivity index (χ0n) is 12.5. The predicted octanol–water partition coefficient (Wildman–Crippen LogP) is 2.69. The number of rotatable bonds is 3. The van der Waals surface area contributed by atoms with Crippen LogP contribution in [0, 0.1) is 5.82 Å². The predicted molar refractivity (Wildman–Crippen MR) is 82.7 cm³/mol. The monoisotopic (exact) mass is 316 g/mol. The number of hydrogen-bond acceptors (Lipinski definition) is 4. The van der Waals surface area contributed by atoms with Gasteiger partial charge in [-0.25, -0.2) is 14.2 Å². The van der Waals surface area contributed by atoms with Crippen LogP contribution in [-0.4, -0.2) is 40.1 Å². The number of carbonyl (C=O) groups excluding carboxylic acids is 1. The van der Waals surface area contributed by atoms with Gasteiger partial charge in [-0.05, 0) is 25.0 Å². The average Bonchev–Trinajstić information content (AvgIpc) is 2.58. The summed E-state index contributed by atoms with van der Waals surface area (Å²) in [4.78, 5) is 21.9. The van der Waals surface area contributed by atoms with Gasteiger partial charge in [-0.2, -0.15) is 0 Å². The fourth-order valence-corrected chi connectivity index (χ4v) is 2.49. The van der Waals surface area contributed by atoms with Crippen molar-refractivity contribution in [1.82, 2.24) is 14.9 Å². The minimum absolute atomic E-state index is 0.146. The number of nitrogens with one attached hydrogen (secondary N) is 1. The number of ether oxygens (including phenoxy) is 1. The molecule has 1 N–H and O–H groups in total. The van der Waals surface area contributed by atoms with Crippen molar-refractivity contribution >= 4 is 11.7 Å². The zero-order valence-corrected chi connectivity index (χ0v) is 12.5. The van der Waals surface area contributed by atoms with Gasteiger partial charge in [-0.3, -0.25) is 4.98 Å². The Labute approximate surface area is 133 Å². The summed E-state index contributed by atoms with van der Waals surface area (Å²) in [6.45, 7) is 1.04. The topological polar surface area (TPSA) is 67.4 Å². The maximum atomic E-state index is 13.6. The van der Waals surface area contributed by atoms with E-state index in [1.165, 1.54) is 12.1 Å². The maximum Gasteiger partial charge on any atom is 0.322 e. The van der Waals surface area contributed by atoms with Gasteiger partial charge in [-0.15, -0.1) is 0 Å². The molecule has 1 aromatic carbocycles. The van der Waals surface area contributed by atoms with E-state index in [-0.39, 0.29) is 17.8 Å². The minimum atomic E-state index is -0.454. The molecule has 1 saturated heterocycles. The van der Waals surface area contributed by atoms with Crippen molar-refractivity contribution in [2.45, 2.75) is 18.9 Å². The highest BCUT2D eigenvalue weighted by atomic mass is 19.1. The highest BCUT2D eigenvalue weighted by Crippen LogP contribution is 2.18. The number of aromatic nitrogens is 2. The fraction of sp³-hybridized carbons (Fsp3) is 0.312. The van der Waals surface area contributed by atoms with E-state index in [0.29, 0.717) is 19.0 Å². The molecular formula is C16H17FN4O2. The maximum absolute atomic E-state index is 13.6. The van der Waals surface area contributed by atoms with E-state index in [0.717, 1.165) is 12.8 Å². The van der Waals surface area contributed by atoms with Crippen molar-refractivity contribution in [3.8, 4) is 5.88 Å². The second-order valence-corrected chi connectivity index (χ2v) is 5.28. The summed E-state index contributed by atoms with van der Waals surface area (Å²) in [5.74, 6) is -0.0147. The molecule has 1 aromatic heterocycles. The third kappa shape index (κ3) is 3.94. The molecule has 0 saturated carbocycles. The molecule has 0 spiro atoms. The highest BCUT2D eigenvalue weighted by Gasteiger charge is 2.25. The van der Waals surface area contributed by atoms with Crippen molar-refractivity contribution in [2.24, 2.45) is 0 Å². The van der Waals surface area contributed by atoms with Gasteiger partial charge in [-0.1, -0.05) is 12.1 Å². The molecule has 1 fully saturated rings. The van der Waals surface area contributed by atoms with E-state index < -0.39 is 5.82 Å². The largest absolute Gasteiger partial charge is 0.471 e. The number of likely N-dealkylation sites (tertiary alicyclic amines) is 1. The molecule has 0 bridgehead atoms. The fourth-order valence-electron chi connectivity index (χ4n) is 2.49. The van der Waals surface area contributed by atoms with Crippen molar-refractivity contribution in [3.63, 3.8) is 0 Å². The third-order valence-corrected chi connectivity index (χ3v) is 3.61. The van der Waals surface area contributed by atoms with Crippen molar-refractivity contribution < 1.29 is 13.9 Å². The van der Waals surface area contributed by atoms with Crippen molar-refractivity contribution in [2.75, 3.05) is 18.4 Å². The average molecular weight is 316 g/mol. The molecule has 6 nitrogen and oxygen atoms in total. The van der Waals surface area contributed by atoms with Crippen LogP contribution in [0.4, 0.5) is 14.9 Å². The van der Waals surface area contributed by atoms with Crippen LogP contribution in [0.15, 0.2) is 42.9 Å². The van der Waals surface area contributed by atoms with Gasteiger partial charge in [0.05, 0.1) is 18.4 Å². The van der Waals surface area contributed by atoms with Gasteiger partial charge in [0.25, 0.3) is 0 Å². The number of nitrogens with zero attached hydrogens (tertiary/aromatic N) is 3. The van der Waals surface area contributed by atoms with Crippen LogP contribution in [-0.2, 0) is 0 Å². The van der Waals surface area contributed by atoms with Crippen molar-refractivity contribution in [3.05, 3.63) is 48.7 Å². The lowest BCUT2D eigenvalue weighted by Gasteiger charge is -2.32. The first-order valence-electron chi connectivity index (χ1n) is 7.45. The van der Waals surface area contributed by atoms with Crippen LogP contribution in [0.1, 0.15) is 12.8 Å². The number of hydrogen-bond donors (Lipinski definition) is 1. The van der Waals surface area contributed by atoms with E-state index in [1.54, 1.807) is 35.6 Å². The molecule has 3 rings (SSSR count). The smallest absolute Gasteiger partial charge is 0.322 e. The van der Waals surface area contributed by atoms with Gasteiger partial charge in [0.2, 0.25) is 5.88 Å². The first-order chi connectivity index (χ1) is 11.2. The molecule has 1 unspecified atom stereocenters. The molecule has 2 heterocycles. The Balaban J connectivity index is 1.59. The number of carbonyl (C=O) groups is 1. The SMILES string of the molecule is O=C(Nc1ccccc1F)N1CCCC(Oc2cnccn2)C1. The lowest BCUT2D eigenvalue weighted by Crippen LogP contribution is -2.46.